The van der Waals surface area contributed by atoms with Crippen LogP contribution in [0.15, 0.2) is 11.8 Å². The van der Waals surface area contributed by atoms with Crippen LogP contribution in [-0.2, 0) is 9.53 Å². The summed E-state index contributed by atoms with van der Waals surface area (Å²) in [6, 6.07) is 1.92. The molecule has 0 radical (unpaired) electrons. The van der Waals surface area contributed by atoms with E-state index in [0.717, 1.165) is 0 Å². The molecule has 82 valence electrons. The van der Waals surface area contributed by atoms with Gasteiger partial charge < -0.3 is 9.84 Å². The van der Waals surface area contributed by atoms with Gasteiger partial charge in [-0.2, -0.15) is 5.26 Å². The van der Waals surface area contributed by atoms with Gasteiger partial charge in [0.2, 0.25) is 0 Å². The van der Waals surface area contributed by atoms with E-state index in [-0.39, 0.29) is 17.1 Å². The minimum Gasteiger partial charge on any atom is -0.484 e. The monoisotopic (exact) mass is 209 g/mol. The maximum absolute atomic E-state index is 10.9. The topological polar surface area (TPSA) is 70.3 Å². The molecule has 0 aliphatic heterocycles. The first kappa shape index (κ1) is 11.6. The van der Waals surface area contributed by atoms with E-state index < -0.39 is 11.9 Å². The highest BCUT2D eigenvalue weighted by atomic mass is 16.5. The average Bonchev–Trinajstić information content (AvgIpc) is 2.67. The number of hydrogen-bond donors (Lipinski definition) is 1. The molecule has 15 heavy (non-hydrogen) atoms. The van der Waals surface area contributed by atoms with Gasteiger partial charge in [-0.25, -0.2) is 0 Å². The molecule has 1 N–H and O–H groups in total. The summed E-state index contributed by atoms with van der Waals surface area (Å²) in [7, 11) is 0. The molecule has 0 spiro atoms. The van der Waals surface area contributed by atoms with Crippen LogP contribution in [0.1, 0.15) is 20.8 Å². The van der Waals surface area contributed by atoms with Crippen molar-refractivity contribution in [3.8, 4) is 6.07 Å². The van der Waals surface area contributed by atoms with Gasteiger partial charge in [0, 0.05) is 5.92 Å². The highest BCUT2D eigenvalue weighted by Gasteiger charge is 2.61. The number of carbonyl (C=O) groups is 1. The Labute approximate surface area is 89.2 Å². The van der Waals surface area contributed by atoms with Crippen LogP contribution in [0.2, 0.25) is 0 Å². The smallest absolute Gasteiger partial charge is 0.307 e. The summed E-state index contributed by atoms with van der Waals surface area (Å²) in [5, 5.41) is 17.7. The van der Waals surface area contributed by atoms with E-state index >= 15 is 0 Å². The Kier molecular flexibility index (Phi) is 3.04. The lowest BCUT2D eigenvalue weighted by molar-refractivity contribution is -0.139. The Hall–Kier alpha value is -1.50. The number of aliphatic carboxylic acids is 1. The number of nitrogens with zero attached hydrogens (tertiary/aromatic N) is 1. The van der Waals surface area contributed by atoms with Gasteiger partial charge in [-0.15, -0.1) is 0 Å². The molecule has 4 heteroatoms. The predicted molar refractivity (Wildman–Crippen MR) is 53.7 cm³/mol. The van der Waals surface area contributed by atoms with Crippen molar-refractivity contribution in [2.75, 3.05) is 6.61 Å². The zero-order chi connectivity index (χ0) is 11.6. The van der Waals surface area contributed by atoms with E-state index in [9.17, 15) is 4.79 Å². The molecule has 0 bridgehead atoms. The van der Waals surface area contributed by atoms with Crippen LogP contribution in [0.25, 0.3) is 0 Å². The third kappa shape index (κ3) is 2.12. The first-order valence-corrected chi connectivity index (χ1v) is 4.92. The van der Waals surface area contributed by atoms with Gasteiger partial charge in [-0.1, -0.05) is 13.8 Å². The molecule has 1 rings (SSSR count). The van der Waals surface area contributed by atoms with Crippen LogP contribution in [-0.4, -0.2) is 17.7 Å². The first-order valence-electron chi connectivity index (χ1n) is 4.92. The molecule has 0 saturated heterocycles. The zero-order valence-corrected chi connectivity index (χ0v) is 9.15. The van der Waals surface area contributed by atoms with E-state index in [1.807, 2.05) is 19.9 Å². The number of carboxylic acids is 1. The van der Waals surface area contributed by atoms with Crippen LogP contribution < -0.4 is 0 Å². The molecule has 0 aromatic rings. The largest absolute Gasteiger partial charge is 0.484 e. The highest BCUT2D eigenvalue weighted by molar-refractivity contribution is 5.76. The summed E-state index contributed by atoms with van der Waals surface area (Å²) in [4.78, 5) is 10.9. The number of carboxylic acid groups (broad SMARTS) is 1. The molecule has 1 unspecified atom stereocenters. The standard InChI is InChI=1S/C11H15NO3/c1-4-15-7(6-12)5-8-9(10(13)14)11(8,2)3/h5,8-9H,4H2,1-3H3,(H,13,14)/b7-5+/t8?,9-/m0/s1. The third-order valence-electron chi connectivity index (χ3n) is 2.92. The molecule has 0 heterocycles. The summed E-state index contributed by atoms with van der Waals surface area (Å²) in [6.45, 7) is 5.98. The Morgan fingerprint density at radius 2 is 2.27 bits per heavy atom. The molecule has 1 aliphatic carbocycles. The Morgan fingerprint density at radius 3 is 2.60 bits per heavy atom. The van der Waals surface area contributed by atoms with Gasteiger partial charge in [-0.3, -0.25) is 4.79 Å². The van der Waals surface area contributed by atoms with E-state index in [1.54, 1.807) is 13.0 Å². The number of hydrogen-bond acceptors (Lipinski definition) is 3. The van der Waals surface area contributed by atoms with Crippen LogP contribution in [0.5, 0.6) is 0 Å². The summed E-state index contributed by atoms with van der Waals surface area (Å²) in [5.41, 5.74) is -0.273. The molecule has 1 fully saturated rings. The van der Waals surface area contributed by atoms with Gasteiger partial charge >= 0.3 is 5.97 Å². The van der Waals surface area contributed by atoms with Crippen molar-refractivity contribution >= 4 is 5.97 Å². The van der Waals surface area contributed by atoms with Crippen molar-refractivity contribution in [1.82, 2.24) is 0 Å². The molecule has 0 amide bonds. The van der Waals surface area contributed by atoms with Crippen molar-refractivity contribution in [2.45, 2.75) is 20.8 Å². The summed E-state index contributed by atoms with van der Waals surface area (Å²) < 4.78 is 5.07. The SMILES string of the molecule is CCO/C(C#N)=C/C1[C@@H](C(=O)O)C1(C)C. The zero-order valence-electron chi connectivity index (χ0n) is 9.15. The maximum atomic E-state index is 10.9. The molecule has 2 atom stereocenters. The molecular formula is C11H15NO3. The van der Waals surface area contributed by atoms with Gasteiger partial charge in [0.05, 0.1) is 12.5 Å². The molecular weight excluding hydrogens is 194 g/mol. The second kappa shape index (κ2) is 3.93. The van der Waals surface area contributed by atoms with E-state index in [4.69, 9.17) is 15.1 Å². The minimum atomic E-state index is -0.810. The summed E-state index contributed by atoms with van der Waals surface area (Å²) >= 11 is 0. The van der Waals surface area contributed by atoms with Crippen LogP contribution in [0.3, 0.4) is 0 Å². The average molecular weight is 209 g/mol. The molecule has 1 aliphatic rings. The predicted octanol–water partition coefficient (Wildman–Crippen LogP) is 1.79. The quantitative estimate of drug-likeness (QED) is 0.566. The fraction of sp³-hybridized carbons (Fsp3) is 0.636. The van der Waals surface area contributed by atoms with Crippen LogP contribution in [0.4, 0.5) is 0 Å². The normalized spacial score (nSPS) is 28.0. The van der Waals surface area contributed by atoms with Gasteiger partial charge in [0.15, 0.2) is 5.76 Å². The molecule has 0 aromatic carbocycles. The number of ether oxygens (including phenoxy) is 1. The second-order valence-electron chi connectivity index (χ2n) is 4.24. The van der Waals surface area contributed by atoms with Crippen molar-refractivity contribution in [3.63, 3.8) is 0 Å². The van der Waals surface area contributed by atoms with Crippen LogP contribution >= 0.6 is 0 Å². The number of allylic oxidation sites excluding steroid dienone is 2. The maximum Gasteiger partial charge on any atom is 0.307 e. The lowest BCUT2D eigenvalue weighted by Crippen LogP contribution is -2.03. The fourth-order valence-electron chi connectivity index (χ4n) is 1.90. The molecule has 4 nitrogen and oxygen atoms in total. The number of rotatable bonds is 4. The van der Waals surface area contributed by atoms with Crippen molar-refractivity contribution < 1.29 is 14.6 Å². The number of nitriles is 1. The van der Waals surface area contributed by atoms with Crippen molar-refractivity contribution in [1.29, 1.82) is 5.26 Å². The van der Waals surface area contributed by atoms with Crippen molar-refractivity contribution in [3.05, 3.63) is 11.8 Å². The van der Waals surface area contributed by atoms with E-state index in [1.165, 1.54) is 0 Å². The Morgan fingerprint density at radius 1 is 1.67 bits per heavy atom. The van der Waals surface area contributed by atoms with E-state index in [2.05, 4.69) is 0 Å². The summed E-state index contributed by atoms with van der Waals surface area (Å²) in [5.74, 6) is -1.09. The van der Waals surface area contributed by atoms with Gasteiger partial charge in [-0.05, 0) is 18.4 Å². The summed E-state index contributed by atoms with van der Waals surface area (Å²) in [6.07, 6.45) is 1.63. The third-order valence-corrected chi connectivity index (χ3v) is 2.92. The minimum absolute atomic E-state index is 0.101. The fourth-order valence-corrected chi connectivity index (χ4v) is 1.90. The second-order valence-corrected chi connectivity index (χ2v) is 4.24. The van der Waals surface area contributed by atoms with Gasteiger partial charge in [0.1, 0.15) is 6.07 Å². The lowest BCUT2D eigenvalue weighted by atomic mass is 10.1. The van der Waals surface area contributed by atoms with E-state index in [0.29, 0.717) is 6.61 Å². The van der Waals surface area contributed by atoms with Crippen molar-refractivity contribution in [2.24, 2.45) is 17.3 Å². The lowest BCUT2D eigenvalue weighted by Gasteiger charge is -2.00. The highest BCUT2D eigenvalue weighted by Crippen LogP contribution is 2.59. The van der Waals surface area contributed by atoms with Gasteiger partial charge in [0.25, 0.3) is 0 Å². The molecule has 1 saturated carbocycles. The van der Waals surface area contributed by atoms with Crippen LogP contribution in [0, 0.1) is 28.6 Å². The Bertz CT molecular complexity index is 338. The Balaban J connectivity index is 2.76. The first-order chi connectivity index (χ1) is 6.95. The molecule has 0 aromatic heterocycles.